The molecule has 0 amide bonds. The van der Waals surface area contributed by atoms with Gasteiger partial charge in [-0.05, 0) is 26.3 Å². The molecule has 0 unspecified atom stereocenters. The standard InChI is InChI=1S/C12H27NO/c1-6-11(7-2)9-13(8-3)10-12(4,5)14/h11,14H,6-10H2,1-5H3. The smallest absolute Gasteiger partial charge is 0.0718 e. The lowest BCUT2D eigenvalue weighted by molar-refractivity contribution is 0.0324. The predicted molar refractivity (Wildman–Crippen MR) is 62.5 cm³/mol. The lowest BCUT2D eigenvalue weighted by atomic mass is 10.0. The van der Waals surface area contributed by atoms with Gasteiger partial charge in [-0.1, -0.05) is 33.6 Å². The SMILES string of the molecule is CCC(CC)CN(CC)CC(C)(C)O. The van der Waals surface area contributed by atoms with Gasteiger partial charge in [-0.25, -0.2) is 0 Å². The minimum absolute atomic E-state index is 0.567. The van der Waals surface area contributed by atoms with E-state index in [1.54, 1.807) is 0 Å². The first kappa shape index (κ1) is 13.9. The summed E-state index contributed by atoms with van der Waals surface area (Å²) in [6, 6.07) is 0. The average molecular weight is 201 g/mol. The van der Waals surface area contributed by atoms with Gasteiger partial charge >= 0.3 is 0 Å². The van der Waals surface area contributed by atoms with Crippen LogP contribution in [0.1, 0.15) is 47.5 Å². The summed E-state index contributed by atoms with van der Waals surface area (Å²) in [6.07, 6.45) is 2.47. The van der Waals surface area contributed by atoms with Crippen molar-refractivity contribution in [3.63, 3.8) is 0 Å². The van der Waals surface area contributed by atoms with Gasteiger partial charge in [-0.15, -0.1) is 0 Å². The van der Waals surface area contributed by atoms with Crippen molar-refractivity contribution in [2.45, 2.75) is 53.1 Å². The van der Waals surface area contributed by atoms with Crippen molar-refractivity contribution < 1.29 is 5.11 Å². The van der Waals surface area contributed by atoms with Gasteiger partial charge in [-0.2, -0.15) is 0 Å². The van der Waals surface area contributed by atoms with Crippen LogP contribution in [-0.4, -0.2) is 35.2 Å². The molecule has 0 aromatic carbocycles. The van der Waals surface area contributed by atoms with Crippen LogP contribution in [0.15, 0.2) is 0 Å². The summed E-state index contributed by atoms with van der Waals surface area (Å²) < 4.78 is 0. The maximum Gasteiger partial charge on any atom is 0.0718 e. The highest BCUT2D eigenvalue weighted by atomic mass is 16.3. The zero-order valence-electron chi connectivity index (χ0n) is 10.5. The summed E-state index contributed by atoms with van der Waals surface area (Å²) in [5.41, 5.74) is -0.567. The molecule has 0 saturated heterocycles. The molecular weight excluding hydrogens is 174 g/mol. The topological polar surface area (TPSA) is 23.5 Å². The first-order valence-corrected chi connectivity index (χ1v) is 5.87. The third-order valence-corrected chi connectivity index (χ3v) is 2.73. The van der Waals surface area contributed by atoms with Crippen LogP contribution in [0.3, 0.4) is 0 Å². The fraction of sp³-hybridized carbons (Fsp3) is 1.00. The highest BCUT2D eigenvalue weighted by Gasteiger charge is 2.18. The van der Waals surface area contributed by atoms with E-state index in [1.807, 2.05) is 13.8 Å². The number of hydrogen-bond acceptors (Lipinski definition) is 2. The Hall–Kier alpha value is -0.0800. The Labute approximate surface area is 89.3 Å². The summed E-state index contributed by atoms with van der Waals surface area (Å²) in [6.45, 7) is 13.3. The number of rotatable bonds is 7. The van der Waals surface area contributed by atoms with Crippen molar-refractivity contribution in [2.75, 3.05) is 19.6 Å². The Morgan fingerprint density at radius 2 is 1.64 bits per heavy atom. The van der Waals surface area contributed by atoms with Gasteiger partial charge in [0.2, 0.25) is 0 Å². The third-order valence-electron chi connectivity index (χ3n) is 2.73. The number of nitrogens with zero attached hydrogens (tertiary/aromatic N) is 1. The van der Waals surface area contributed by atoms with E-state index in [9.17, 15) is 5.11 Å². The largest absolute Gasteiger partial charge is 0.389 e. The molecule has 2 nitrogen and oxygen atoms in total. The van der Waals surface area contributed by atoms with Crippen LogP contribution in [0.4, 0.5) is 0 Å². The summed E-state index contributed by atoms with van der Waals surface area (Å²) in [5, 5.41) is 9.74. The van der Waals surface area contributed by atoms with E-state index in [2.05, 4.69) is 25.7 Å². The van der Waals surface area contributed by atoms with E-state index in [0.29, 0.717) is 0 Å². The molecule has 0 aromatic rings. The zero-order valence-corrected chi connectivity index (χ0v) is 10.5. The maximum absolute atomic E-state index is 9.74. The van der Waals surface area contributed by atoms with Crippen LogP contribution < -0.4 is 0 Å². The molecule has 0 aromatic heterocycles. The predicted octanol–water partition coefficient (Wildman–Crippen LogP) is 2.52. The molecule has 86 valence electrons. The van der Waals surface area contributed by atoms with Gasteiger partial charge < -0.3 is 10.0 Å². The van der Waals surface area contributed by atoms with Gasteiger partial charge in [0.15, 0.2) is 0 Å². The van der Waals surface area contributed by atoms with E-state index in [0.717, 1.165) is 25.6 Å². The maximum atomic E-state index is 9.74. The van der Waals surface area contributed by atoms with E-state index in [-0.39, 0.29) is 0 Å². The summed E-state index contributed by atoms with van der Waals surface area (Å²) in [5.74, 6) is 0.775. The van der Waals surface area contributed by atoms with Crippen molar-refractivity contribution in [1.82, 2.24) is 4.90 Å². The molecule has 0 spiro atoms. The van der Waals surface area contributed by atoms with Gasteiger partial charge in [0.25, 0.3) is 0 Å². The minimum Gasteiger partial charge on any atom is -0.389 e. The van der Waals surface area contributed by atoms with Gasteiger partial charge in [-0.3, -0.25) is 0 Å². The van der Waals surface area contributed by atoms with Crippen molar-refractivity contribution >= 4 is 0 Å². The fourth-order valence-corrected chi connectivity index (χ4v) is 1.76. The third kappa shape index (κ3) is 6.39. The Kier molecular flexibility index (Phi) is 6.38. The molecule has 0 aliphatic rings. The van der Waals surface area contributed by atoms with Gasteiger partial charge in [0.1, 0.15) is 0 Å². The molecule has 0 aliphatic carbocycles. The minimum atomic E-state index is -0.567. The molecule has 0 saturated carbocycles. The van der Waals surface area contributed by atoms with Crippen molar-refractivity contribution in [2.24, 2.45) is 5.92 Å². The quantitative estimate of drug-likeness (QED) is 0.684. The number of hydrogen-bond donors (Lipinski definition) is 1. The highest BCUT2D eigenvalue weighted by Crippen LogP contribution is 2.12. The second kappa shape index (κ2) is 6.41. The summed E-state index contributed by atoms with van der Waals surface area (Å²) in [4.78, 5) is 2.34. The summed E-state index contributed by atoms with van der Waals surface area (Å²) in [7, 11) is 0. The molecule has 0 fully saturated rings. The normalized spacial score (nSPS) is 12.9. The zero-order chi connectivity index (χ0) is 11.2. The molecule has 0 aliphatic heterocycles. The lowest BCUT2D eigenvalue weighted by Crippen LogP contribution is -2.40. The second-order valence-electron chi connectivity index (χ2n) is 4.82. The number of aliphatic hydroxyl groups is 1. The van der Waals surface area contributed by atoms with Crippen LogP contribution in [0.25, 0.3) is 0 Å². The molecule has 0 rings (SSSR count). The van der Waals surface area contributed by atoms with Crippen molar-refractivity contribution in [3.05, 3.63) is 0 Å². The van der Waals surface area contributed by atoms with Crippen LogP contribution in [0.5, 0.6) is 0 Å². The van der Waals surface area contributed by atoms with Gasteiger partial charge in [0, 0.05) is 13.1 Å². The van der Waals surface area contributed by atoms with Crippen molar-refractivity contribution in [1.29, 1.82) is 0 Å². The van der Waals surface area contributed by atoms with Crippen LogP contribution >= 0.6 is 0 Å². The molecule has 0 bridgehead atoms. The molecule has 0 heterocycles. The molecule has 14 heavy (non-hydrogen) atoms. The average Bonchev–Trinajstić information content (AvgIpc) is 2.10. The van der Waals surface area contributed by atoms with E-state index < -0.39 is 5.60 Å². The highest BCUT2D eigenvalue weighted by molar-refractivity contribution is 4.73. The van der Waals surface area contributed by atoms with Crippen molar-refractivity contribution in [3.8, 4) is 0 Å². The molecule has 2 heteroatoms. The Bertz CT molecular complexity index is 136. The van der Waals surface area contributed by atoms with E-state index in [1.165, 1.54) is 12.8 Å². The monoisotopic (exact) mass is 201 g/mol. The summed E-state index contributed by atoms with van der Waals surface area (Å²) >= 11 is 0. The Balaban J connectivity index is 4.01. The first-order valence-electron chi connectivity index (χ1n) is 5.87. The molecule has 0 atom stereocenters. The fourth-order valence-electron chi connectivity index (χ4n) is 1.76. The van der Waals surface area contributed by atoms with E-state index >= 15 is 0 Å². The first-order chi connectivity index (χ1) is 6.42. The second-order valence-corrected chi connectivity index (χ2v) is 4.82. The van der Waals surface area contributed by atoms with Crippen LogP contribution in [0, 0.1) is 5.92 Å². The lowest BCUT2D eigenvalue weighted by Gasteiger charge is -2.30. The van der Waals surface area contributed by atoms with Crippen LogP contribution in [-0.2, 0) is 0 Å². The molecule has 0 radical (unpaired) electrons. The Morgan fingerprint density at radius 3 is 1.93 bits per heavy atom. The molecule has 1 N–H and O–H groups in total. The van der Waals surface area contributed by atoms with E-state index in [4.69, 9.17) is 0 Å². The number of likely N-dealkylation sites (N-methyl/N-ethyl adjacent to an activating group) is 1. The van der Waals surface area contributed by atoms with Crippen LogP contribution in [0.2, 0.25) is 0 Å². The Morgan fingerprint density at radius 1 is 1.14 bits per heavy atom. The molecular formula is C12H27NO. The van der Waals surface area contributed by atoms with Gasteiger partial charge in [0.05, 0.1) is 5.60 Å².